The van der Waals surface area contributed by atoms with Crippen LogP contribution in [0.15, 0.2) is 12.2 Å². The largest absolute Gasteiger partial charge is 0.0998 e. The molecule has 0 radical (unpaired) electrons. The Balaban J connectivity index is 1.49. The molecule has 8 unspecified atom stereocenters. The lowest BCUT2D eigenvalue weighted by Crippen LogP contribution is -2.48. The predicted octanol–water partition coefficient (Wildman–Crippen LogP) is 7.25. The minimum atomic E-state index is 0.596. The van der Waals surface area contributed by atoms with Gasteiger partial charge < -0.3 is 0 Å². The van der Waals surface area contributed by atoms with Gasteiger partial charge in [-0.2, -0.15) is 0 Å². The molecule has 4 aliphatic rings. The molecule has 24 heavy (non-hydrogen) atoms. The van der Waals surface area contributed by atoms with E-state index in [1.54, 1.807) is 38.5 Å². The molecule has 0 amide bonds. The van der Waals surface area contributed by atoms with Crippen molar-refractivity contribution in [3.05, 3.63) is 12.2 Å². The van der Waals surface area contributed by atoms with Crippen molar-refractivity contribution in [2.75, 3.05) is 0 Å². The quantitative estimate of drug-likeness (QED) is 0.479. The summed E-state index contributed by atoms with van der Waals surface area (Å²) in [7, 11) is 0. The molecule has 136 valence electrons. The van der Waals surface area contributed by atoms with E-state index < -0.39 is 0 Å². The van der Waals surface area contributed by atoms with Crippen molar-refractivity contribution in [2.24, 2.45) is 46.8 Å². The summed E-state index contributed by atoms with van der Waals surface area (Å²) in [5.41, 5.74) is 2.08. The third-order valence-electron chi connectivity index (χ3n) is 9.35. The Kier molecular flexibility index (Phi) is 4.63. The van der Waals surface area contributed by atoms with E-state index in [2.05, 4.69) is 27.4 Å². The molecule has 0 heterocycles. The zero-order valence-corrected chi connectivity index (χ0v) is 16.5. The normalized spacial score (nSPS) is 50.7. The number of hydrogen-bond acceptors (Lipinski definition) is 0. The van der Waals surface area contributed by atoms with Gasteiger partial charge in [-0.25, -0.2) is 0 Å². The van der Waals surface area contributed by atoms with Crippen molar-refractivity contribution in [3.8, 4) is 0 Å². The molecule has 0 aliphatic heterocycles. The number of rotatable bonds is 3. The first kappa shape index (κ1) is 17.2. The highest BCUT2D eigenvalue weighted by molar-refractivity contribution is 5.13. The summed E-state index contributed by atoms with van der Waals surface area (Å²) in [6, 6.07) is 0. The van der Waals surface area contributed by atoms with Gasteiger partial charge in [-0.1, -0.05) is 45.3 Å². The van der Waals surface area contributed by atoms with E-state index in [9.17, 15) is 0 Å². The Labute approximate surface area is 150 Å². The van der Waals surface area contributed by atoms with Gasteiger partial charge in [0.25, 0.3) is 0 Å². The number of hydrogen-bond donors (Lipinski definition) is 0. The topological polar surface area (TPSA) is 0 Å². The molecule has 0 heteroatoms. The maximum atomic E-state index is 4.37. The van der Waals surface area contributed by atoms with Gasteiger partial charge in [-0.05, 0) is 105 Å². The molecule has 0 aromatic carbocycles. The van der Waals surface area contributed by atoms with E-state index in [-0.39, 0.29) is 0 Å². The van der Waals surface area contributed by atoms with Crippen LogP contribution in [0.5, 0.6) is 0 Å². The smallest absolute Gasteiger partial charge is 0.0152 e. The average molecular weight is 329 g/mol. The van der Waals surface area contributed by atoms with Crippen LogP contribution in [0.25, 0.3) is 0 Å². The molecule has 4 rings (SSSR count). The second kappa shape index (κ2) is 6.48. The average Bonchev–Trinajstić information content (AvgIpc) is 2.92. The van der Waals surface area contributed by atoms with Crippen LogP contribution >= 0.6 is 0 Å². The summed E-state index contributed by atoms with van der Waals surface area (Å²) in [6.45, 7) is 11.7. The van der Waals surface area contributed by atoms with Crippen LogP contribution in [-0.4, -0.2) is 0 Å². The van der Waals surface area contributed by atoms with E-state index in [0.717, 1.165) is 41.4 Å². The van der Waals surface area contributed by atoms with Crippen molar-refractivity contribution < 1.29 is 0 Å². The Hall–Kier alpha value is -0.260. The van der Waals surface area contributed by atoms with Crippen LogP contribution in [0, 0.1) is 46.8 Å². The van der Waals surface area contributed by atoms with Gasteiger partial charge in [-0.15, -0.1) is 0 Å². The van der Waals surface area contributed by atoms with E-state index >= 15 is 0 Å². The van der Waals surface area contributed by atoms with Gasteiger partial charge in [0.1, 0.15) is 0 Å². The molecular weight excluding hydrogens is 288 g/mol. The maximum Gasteiger partial charge on any atom is -0.0152 e. The van der Waals surface area contributed by atoms with Crippen LogP contribution in [0.4, 0.5) is 0 Å². The first-order valence-corrected chi connectivity index (χ1v) is 11.2. The number of allylic oxidation sites excluding steroid dienone is 1. The molecule has 0 nitrogen and oxygen atoms in total. The van der Waals surface area contributed by atoms with E-state index in [1.165, 1.54) is 37.7 Å². The minimum Gasteiger partial charge on any atom is -0.0998 e. The predicted molar refractivity (Wildman–Crippen MR) is 104 cm³/mol. The van der Waals surface area contributed by atoms with E-state index in [0.29, 0.717) is 5.41 Å². The molecular formula is C24H40. The minimum absolute atomic E-state index is 0.596. The van der Waals surface area contributed by atoms with Gasteiger partial charge in [0.15, 0.2) is 0 Å². The van der Waals surface area contributed by atoms with Crippen LogP contribution in [0.2, 0.25) is 0 Å². The Bertz CT molecular complexity index is 476. The third kappa shape index (κ3) is 2.62. The summed E-state index contributed by atoms with van der Waals surface area (Å²) >= 11 is 0. The molecule has 0 bridgehead atoms. The second-order valence-corrected chi connectivity index (χ2v) is 10.4. The van der Waals surface area contributed by atoms with Crippen LogP contribution < -0.4 is 0 Å². The van der Waals surface area contributed by atoms with Gasteiger partial charge >= 0.3 is 0 Å². The summed E-state index contributed by atoms with van der Waals surface area (Å²) in [5, 5.41) is 0. The molecule has 0 spiro atoms. The van der Waals surface area contributed by atoms with E-state index in [4.69, 9.17) is 0 Å². The molecule has 0 aromatic heterocycles. The highest BCUT2D eigenvalue weighted by Crippen LogP contribution is 2.65. The van der Waals surface area contributed by atoms with Crippen molar-refractivity contribution in [2.45, 2.75) is 91.4 Å². The van der Waals surface area contributed by atoms with Gasteiger partial charge in [0.05, 0.1) is 0 Å². The van der Waals surface area contributed by atoms with Crippen LogP contribution in [0.3, 0.4) is 0 Å². The monoisotopic (exact) mass is 328 g/mol. The standard InChI is InChI=1S/C24H40/c1-5-6-17-7-9-19-18(15-17)8-10-21-20(19)13-14-24(4)22(16(2)3)11-12-23(21)24/h17-23H,2,5-15H2,1,3-4H3. The maximum absolute atomic E-state index is 4.37. The Morgan fingerprint density at radius 1 is 0.958 bits per heavy atom. The lowest BCUT2D eigenvalue weighted by atomic mass is 9.49. The zero-order valence-electron chi connectivity index (χ0n) is 16.5. The summed E-state index contributed by atoms with van der Waals surface area (Å²) in [4.78, 5) is 0. The van der Waals surface area contributed by atoms with Crippen LogP contribution in [-0.2, 0) is 0 Å². The Morgan fingerprint density at radius 2 is 1.75 bits per heavy atom. The lowest BCUT2D eigenvalue weighted by Gasteiger charge is -2.56. The zero-order chi connectivity index (χ0) is 16.9. The van der Waals surface area contributed by atoms with E-state index in [1.807, 2.05) is 0 Å². The first-order valence-electron chi connectivity index (χ1n) is 11.2. The third-order valence-corrected chi connectivity index (χ3v) is 9.35. The lowest BCUT2D eigenvalue weighted by molar-refractivity contribution is -0.0648. The number of fused-ring (bicyclic) bond motifs is 5. The molecule has 0 saturated heterocycles. The molecule has 0 N–H and O–H groups in total. The fourth-order valence-electron chi connectivity index (χ4n) is 8.43. The highest BCUT2D eigenvalue weighted by Gasteiger charge is 2.56. The van der Waals surface area contributed by atoms with Gasteiger partial charge in [-0.3, -0.25) is 0 Å². The summed E-state index contributed by atoms with van der Waals surface area (Å²) < 4.78 is 0. The fraction of sp³-hybridized carbons (Fsp3) is 0.917. The molecule has 0 aromatic rings. The SMILES string of the molecule is C=C(C)C1CCC2C3CCC4CC(CCC)CCC4C3CCC12C. The van der Waals surface area contributed by atoms with Crippen molar-refractivity contribution in [1.29, 1.82) is 0 Å². The fourth-order valence-corrected chi connectivity index (χ4v) is 8.43. The highest BCUT2D eigenvalue weighted by atomic mass is 14.6. The molecule has 8 atom stereocenters. The molecule has 4 aliphatic carbocycles. The second-order valence-electron chi connectivity index (χ2n) is 10.4. The first-order chi connectivity index (χ1) is 11.5. The van der Waals surface area contributed by atoms with Crippen molar-refractivity contribution in [3.63, 3.8) is 0 Å². The van der Waals surface area contributed by atoms with Crippen LogP contribution in [0.1, 0.15) is 91.4 Å². The Morgan fingerprint density at radius 3 is 2.50 bits per heavy atom. The molecule has 4 fully saturated rings. The summed E-state index contributed by atoms with van der Waals surface area (Å²) in [5.74, 6) is 7.27. The summed E-state index contributed by atoms with van der Waals surface area (Å²) in [6.07, 6.45) is 16.7. The molecule has 4 saturated carbocycles. The van der Waals surface area contributed by atoms with Crippen molar-refractivity contribution in [1.82, 2.24) is 0 Å². The van der Waals surface area contributed by atoms with Gasteiger partial charge in [0, 0.05) is 0 Å². The van der Waals surface area contributed by atoms with Gasteiger partial charge in [0.2, 0.25) is 0 Å². The van der Waals surface area contributed by atoms with Crippen molar-refractivity contribution >= 4 is 0 Å².